The van der Waals surface area contributed by atoms with Crippen LogP contribution in [0.5, 0.6) is 5.75 Å². The molecule has 8 heteroatoms. The Morgan fingerprint density at radius 3 is 2.43 bits per heavy atom. The number of ether oxygens (including phenoxy) is 1. The lowest BCUT2D eigenvalue weighted by atomic mass is 10.1. The van der Waals surface area contributed by atoms with Crippen molar-refractivity contribution in [3.8, 4) is 5.75 Å². The third-order valence-corrected chi connectivity index (χ3v) is 5.44. The van der Waals surface area contributed by atoms with Crippen molar-refractivity contribution in [3.63, 3.8) is 0 Å². The van der Waals surface area contributed by atoms with Gasteiger partial charge in [0.05, 0.1) is 18.4 Å². The van der Waals surface area contributed by atoms with Crippen LogP contribution in [0, 0.1) is 0 Å². The molecule has 0 radical (unpaired) electrons. The Labute approximate surface area is 202 Å². The molecule has 4 aromatic rings. The van der Waals surface area contributed by atoms with Crippen molar-refractivity contribution in [2.45, 2.75) is 0 Å². The molecule has 3 amide bonds. The molecular weight excluding hydrogens is 442 g/mol. The van der Waals surface area contributed by atoms with Crippen LogP contribution in [-0.4, -0.2) is 24.0 Å². The first-order chi connectivity index (χ1) is 17.1. The smallest absolute Gasteiger partial charge is 0.323 e. The number of hydrogen-bond acceptors (Lipinski definition) is 4. The van der Waals surface area contributed by atoms with Crippen molar-refractivity contribution in [1.29, 1.82) is 0 Å². The van der Waals surface area contributed by atoms with Gasteiger partial charge in [0.25, 0.3) is 5.91 Å². The number of benzene rings is 3. The van der Waals surface area contributed by atoms with Crippen molar-refractivity contribution in [1.82, 2.24) is 4.98 Å². The number of rotatable bonds is 6. The Kier molecular flexibility index (Phi) is 5.92. The Morgan fingerprint density at radius 1 is 0.857 bits per heavy atom. The number of carbonyl (C=O) groups excluding carboxylic acids is 2. The number of aromatic nitrogens is 1. The van der Waals surface area contributed by atoms with Crippen molar-refractivity contribution in [2.75, 3.05) is 28.4 Å². The Balaban J connectivity index is 1.34. The van der Waals surface area contributed by atoms with Gasteiger partial charge in [0.1, 0.15) is 5.75 Å². The van der Waals surface area contributed by atoms with Crippen LogP contribution < -0.4 is 26.0 Å². The predicted octanol–water partition coefficient (Wildman–Crippen LogP) is 5.90. The molecule has 1 aliphatic heterocycles. The van der Waals surface area contributed by atoms with Gasteiger partial charge < -0.3 is 31.0 Å². The van der Waals surface area contributed by atoms with Gasteiger partial charge in [0.15, 0.2) is 0 Å². The van der Waals surface area contributed by atoms with E-state index in [9.17, 15) is 9.59 Å². The molecular formula is C27H23N5O3. The van der Waals surface area contributed by atoms with E-state index >= 15 is 0 Å². The van der Waals surface area contributed by atoms with Crippen LogP contribution >= 0.6 is 0 Å². The molecule has 2 heterocycles. The minimum Gasteiger partial charge on any atom is -0.497 e. The first kappa shape index (κ1) is 21.8. The average Bonchev–Trinajstić information content (AvgIpc) is 3.47. The first-order valence-corrected chi connectivity index (χ1v) is 11.0. The maximum absolute atomic E-state index is 12.5. The van der Waals surface area contributed by atoms with Gasteiger partial charge in [-0.05, 0) is 48.5 Å². The van der Waals surface area contributed by atoms with Crippen LogP contribution in [0.3, 0.4) is 0 Å². The number of anilines is 5. The minimum atomic E-state index is -0.364. The lowest BCUT2D eigenvalue weighted by molar-refractivity contribution is -0.110. The normalized spacial score (nSPS) is 13.2. The van der Waals surface area contributed by atoms with E-state index in [2.05, 4.69) is 26.3 Å². The molecule has 0 aliphatic carbocycles. The van der Waals surface area contributed by atoms with Crippen LogP contribution in [0.25, 0.3) is 11.6 Å². The summed E-state index contributed by atoms with van der Waals surface area (Å²) in [5.74, 6) is 0.430. The summed E-state index contributed by atoms with van der Waals surface area (Å²) in [6.07, 6.45) is 3.64. The second-order valence-corrected chi connectivity index (χ2v) is 7.92. The lowest BCUT2D eigenvalue weighted by Crippen LogP contribution is -2.19. The fraction of sp³-hybridized carbons (Fsp3) is 0.0370. The van der Waals surface area contributed by atoms with Gasteiger partial charge in [0.2, 0.25) is 0 Å². The fourth-order valence-corrected chi connectivity index (χ4v) is 3.85. The van der Waals surface area contributed by atoms with E-state index in [1.165, 1.54) is 0 Å². The largest absolute Gasteiger partial charge is 0.497 e. The third kappa shape index (κ3) is 5.01. The summed E-state index contributed by atoms with van der Waals surface area (Å²) >= 11 is 0. The molecule has 3 aromatic carbocycles. The zero-order valence-electron chi connectivity index (χ0n) is 18.9. The van der Waals surface area contributed by atoms with Gasteiger partial charge in [-0.15, -0.1) is 0 Å². The Bertz CT molecular complexity index is 1410. The van der Waals surface area contributed by atoms with Gasteiger partial charge in [-0.2, -0.15) is 0 Å². The highest BCUT2D eigenvalue weighted by Crippen LogP contribution is 2.36. The number of fused-ring (bicyclic) bond motifs is 1. The summed E-state index contributed by atoms with van der Waals surface area (Å²) in [7, 11) is 1.57. The topological polar surface area (TPSA) is 107 Å². The molecule has 0 atom stereocenters. The van der Waals surface area contributed by atoms with Crippen LogP contribution in [0.1, 0.15) is 11.3 Å². The zero-order chi connectivity index (χ0) is 24.2. The first-order valence-electron chi connectivity index (χ1n) is 11.0. The second-order valence-electron chi connectivity index (χ2n) is 7.92. The summed E-state index contributed by atoms with van der Waals surface area (Å²) < 4.78 is 5.41. The standard InChI is InChI=1S/C27H23N5O3/c1-35-22-13-20(12-21(14-22)31-27(34)30-17-6-3-2-4-7-17)29-19-9-10-23-24(15-18-8-5-11-28-18)26(33)32-25(23)16-19/h2-16,28-29H,1H3,(H,32,33)(H2,30,31,34). The van der Waals surface area contributed by atoms with Crippen LogP contribution in [0.2, 0.25) is 0 Å². The van der Waals surface area contributed by atoms with Gasteiger partial charge in [-0.25, -0.2) is 4.79 Å². The molecule has 0 spiro atoms. The minimum absolute atomic E-state index is 0.149. The summed E-state index contributed by atoms with van der Waals surface area (Å²) in [6, 6.07) is 23.6. The number of urea groups is 1. The number of aromatic amines is 1. The molecule has 5 N–H and O–H groups in total. The fourth-order valence-electron chi connectivity index (χ4n) is 3.85. The summed E-state index contributed by atoms with van der Waals surface area (Å²) in [5.41, 5.74) is 5.76. The lowest BCUT2D eigenvalue weighted by Gasteiger charge is -2.13. The van der Waals surface area contributed by atoms with E-state index in [-0.39, 0.29) is 11.9 Å². The molecule has 8 nitrogen and oxygen atoms in total. The molecule has 0 unspecified atom stereocenters. The molecule has 0 fully saturated rings. The number of carbonyl (C=O) groups is 2. The zero-order valence-corrected chi connectivity index (χ0v) is 18.9. The molecule has 174 valence electrons. The molecule has 1 aliphatic rings. The van der Waals surface area contributed by atoms with Crippen LogP contribution in [0.4, 0.5) is 33.2 Å². The van der Waals surface area contributed by atoms with Gasteiger partial charge in [0, 0.05) is 52.3 Å². The average molecular weight is 466 g/mol. The van der Waals surface area contributed by atoms with E-state index in [4.69, 9.17) is 4.74 Å². The predicted molar refractivity (Wildman–Crippen MR) is 139 cm³/mol. The highest BCUT2D eigenvalue weighted by Gasteiger charge is 2.24. The number of H-pyrrole nitrogens is 1. The van der Waals surface area contributed by atoms with Crippen LogP contribution in [0.15, 0.2) is 85.1 Å². The second kappa shape index (κ2) is 9.48. The number of nitrogens with one attached hydrogen (secondary N) is 5. The van der Waals surface area contributed by atoms with Crippen molar-refractivity contribution in [3.05, 3.63) is 96.3 Å². The molecule has 35 heavy (non-hydrogen) atoms. The van der Waals surface area contributed by atoms with E-state index in [0.29, 0.717) is 28.4 Å². The van der Waals surface area contributed by atoms with Crippen molar-refractivity contribution < 1.29 is 14.3 Å². The van der Waals surface area contributed by atoms with Crippen molar-refractivity contribution >= 4 is 52.0 Å². The molecule has 0 saturated carbocycles. The maximum Gasteiger partial charge on any atom is 0.323 e. The van der Waals surface area contributed by atoms with Gasteiger partial charge in [-0.3, -0.25) is 4.79 Å². The highest BCUT2D eigenvalue weighted by atomic mass is 16.5. The van der Waals surface area contributed by atoms with E-state index in [1.807, 2.05) is 79.0 Å². The molecule has 0 bridgehead atoms. The van der Waals surface area contributed by atoms with Crippen LogP contribution in [-0.2, 0) is 4.79 Å². The summed E-state index contributed by atoms with van der Waals surface area (Å²) in [5, 5.41) is 11.9. The number of para-hydroxylation sites is 1. The Morgan fingerprint density at radius 2 is 1.66 bits per heavy atom. The highest BCUT2D eigenvalue weighted by molar-refractivity contribution is 6.35. The Hall–Kier alpha value is -4.98. The van der Waals surface area contributed by atoms with Gasteiger partial charge >= 0.3 is 6.03 Å². The van der Waals surface area contributed by atoms with Crippen molar-refractivity contribution in [2.24, 2.45) is 0 Å². The number of methoxy groups -OCH3 is 1. The van der Waals surface area contributed by atoms with E-state index in [0.717, 1.165) is 22.6 Å². The molecule has 0 saturated heterocycles. The molecule has 5 rings (SSSR count). The van der Waals surface area contributed by atoms with E-state index in [1.54, 1.807) is 19.2 Å². The summed E-state index contributed by atoms with van der Waals surface area (Å²) in [6.45, 7) is 0. The number of hydrogen-bond donors (Lipinski definition) is 5. The van der Waals surface area contributed by atoms with E-state index < -0.39 is 0 Å². The SMILES string of the molecule is COc1cc(NC(=O)Nc2ccccc2)cc(Nc2ccc3c(c2)NC(=O)C3=Cc2ccc[nH]2)c1. The summed E-state index contributed by atoms with van der Waals surface area (Å²) in [4.78, 5) is 28.0. The molecule has 1 aromatic heterocycles. The third-order valence-electron chi connectivity index (χ3n) is 5.44. The number of amides is 3. The monoisotopic (exact) mass is 465 g/mol. The van der Waals surface area contributed by atoms with Gasteiger partial charge in [-0.1, -0.05) is 24.3 Å². The maximum atomic E-state index is 12.5. The quantitative estimate of drug-likeness (QED) is 0.228.